The van der Waals surface area contributed by atoms with Gasteiger partial charge in [0.2, 0.25) is 0 Å². The van der Waals surface area contributed by atoms with Crippen LogP contribution in [0.5, 0.6) is 5.75 Å². The van der Waals surface area contributed by atoms with E-state index in [1.54, 1.807) is 0 Å². The molecular weight excluding hydrogens is 839 g/mol. The molecule has 9 aromatic rings. The highest BCUT2D eigenvalue weighted by atomic mass is 16.5. The number of hydrogen-bond donors (Lipinski definition) is 0. The number of aryl methyl sites for hydroxylation is 1. The molecule has 4 atom stereocenters. The zero-order valence-electron chi connectivity index (χ0n) is 38.8. The molecule has 69 heavy (non-hydrogen) atoms. The molecule has 0 saturated heterocycles. The number of aliphatic imine (C=N–C) groups is 1. The van der Waals surface area contributed by atoms with Gasteiger partial charge in [0, 0.05) is 50.4 Å². The Labute approximate surface area is 403 Å². The molecule has 3 aliphatic carbocycles. The fourth-order valence-electron chi connectivity index (χ4n) is 13.6. The van der Waals surface area contributed by atoms with Crippen molar-refractivity contribution in [1.82, 2.24) is 0 Å². The van der Waals surface area contributed by atoms with E-state index in [0.29, 0.717) is 5.92 Å². The van der Waals surface area contributed by atoms with E-state index in [9.17, 15) is 0 Å². The molecule has 8 aromatic carbocycles. The molecular formula is C66H51NO2. The van der Waals surface area contributed by atoms with Crippen LogP contribution in [-0.2, 0) is 11.8 Å². The number of furan rings is 1. The average molecular weight is 890 g/mol. The van der Waals surface area contributed by atoms with Crippen molar-refractivity contribution >= 4 is 33.3 Å². The van der Waals surface area contributed by atoms with Crippen molar-refractivity contribution in [2.75, 3.05) is 0 Å². The molecule has 0 N–H and O–H groups in total. The third kappa shape index (κ3) is 5.96. The van der Waals surface area contributed by atoms with Gasteiger partial charge in [0.15, 0.2) is 0 Å². The monoisotopic (exact) mass is 889 g/mol. The van der Waals surface area contributed by atoms with Gasteiger partial charge in [-0.1, -0.05) is 183 Å². The fraction of sp³-hybridized carbons (Fsp3) is 0.167. The van der Waals surface area contributed by atoms with Gasteiger partial charge in [0.25, 0.3) is 0 Å². The van der Waals surface area contributed by atoms with Gasteiger partial charge in [-0.3, -0.25) is 4.99 Å². The number of benzene rings is 8. The molecule has 1 aromatic heterocycles. The minimum absolute atomic E-state index is 0.185. The van der Waals surface area contributed by atoms with Crippen molar-refractivity contribution in [2.24, 2.45) is 16.3 Å². The highest BCUT2D eigenvalue weighted by molar-refractivity contribution is 6.10. The first-order valence-corrected chi connectivity index (χ1v) is 25.0. The lowest BCUT2D eigenvalue weighted by Gasteiger charge is -2.30. The molecule has 4 unspecified atom stereocenters. The van der Waals surface area contributed by atoms with E-state index in [1.165, 1.54) is 61.2 Å². The van der Waals surface area contributed by atoms with Crippen LogP contribution in [0, 0.1) is 11.3 Å². The summed E-state index contributed by atoms with van der Waals surface area (Å²) in [5.41, 5.74) is 20.4. The molecule has 14 rings (SSSR count). The van der Waals surface area contributed by atoms with Crippen LogP contribution in [0.2, 0.25) is 0 Å². The maximum Gasteiger partial charge on any atom is 0.143 e. The summed E-state index contributed by atoms with van der Waals surface area (Å²) in [7, 11) is 0. The first kappa shape index (κ1) is 40.3. The quantitative estimate of drug-likeness (QED) is 0.167. The number of para-hydroxylation sites is 2. The van der Waals surface area contributed by atoms with Crippen LogP contribution in [0.3, 0.4) is 0 Å². The summed E-state index contributed by atoms with van der Waals surface area (Å²) in [6.45, 7) is 2.35. The Morgan fingerprint density at radius 2 is 1.33 bits per heavy atom. The van der Waals surface area contributed by atoms with E-state index >= 15 is 0 Å². The van der Waals surface area contributed by atoms with Crippen LogP contribution in [0.25, 0.3) is 61.0 Å². The van der Waals surface area contributed by atoms with Crippen LogP contribution in [0.15, 0.2) is 227 Å². The predicted octanol–water partition coefficient (Wildman–Crippen LogP) is 16.9. The Hall–Kier alpha value is -7.75. The summed E-state index contributed by atoms with van der Waals surface area (Å²) in [6, 6.07) is 69.2. The van der Waals surface area contributed by atoms with Crippen molar-refractivity contribution in [3.05, 3.63) is 251 Å². The summed E-state index contributed by atoms with van der Waals surface area (Å²) >= 11 is 0. The lowest BCUT2D eigenvalue weighted by atomic mass is 9.74. The normalized spacial score (nSPS) is 22.0. The Kier molecular flexibility index (Phi) is 9.15. The van der Waals surface area contributed by atoms with Gasteiger partial charge in [0.1, 0.15) is 22.7 Å². The second-order valence-electron chi connectivity index (χ2n) is 19.8. The summed E-state index contributed by atoms with van der Waals surface area (Å²) in [6.07, 6.45) is 13.0. The Bertz CT molecular complexity index is 3660. The van der Waals surface area contributed by atoms with Crippen molar-refractivity contribution in [3.8, 4) is 39.1 Å². The van der Waals surface area contributed by atoms with Crippen molar-refractivity contribution in [1.29, 1.82) is 0 Å². The summed E-state index contributed by atoms with van der Waals surface area (Å²) in [5, 5.41) is 2.29. The molecule has 3 nitrogen and oxygen atoms in total. The molecule has 3 heteroatoms. The van der Waals surface area contributed by atoms with Gasteiger partial charge in [0.05, 0.1) is 11.1 Å². The molecule has 1 fully saturated rings. The van der Waals surface area contributed by atoms with Crippen LogP contribution in [0.4, 0.5) is 0 Å². The second-order valence-corrected chi connectivity index (χ2v) is 19.8. The van der Waals surface area contributed by atoms with Gasteiger partial charge in [-0.2, -0.15) is 0 Å². The molecule has 5 aliphatic rings. The van der Waals surface area contributed by atoms with E-state index < -0.39 is 0 Å². The maximum absolute atomic E-state index is 7.02. The summed E-state index contributed by atoms with van der Waals surface area (Å²) in [4.78, 5) is 5.82. The first-order chi connectivity index (χ1) is 34.1. The smallest absolute Gasteiger partial charge is 0.143 e. The predicted molar refractivity (Wildman–Crippen MR) is 283 cm³/mol. The van der Waals surface area contributed by atoms with E-state index in [2.05, 4.69) is 207 Å². The lowest BCUT2D eigenvalue weighted by molar-refractivity contribution is 0.378. The van der Waals surface area contributed by atoms with Crippen molar-refractivity contribution in [3.63, 3.8) is 0 Å². The van der Waals surface area contributed by atoms with Gasteiger partial charge < -0.3 is 9.15 Å². The molecule has 2 aliphatic heterocycles. The SMILES string of the molecule is CCC1=C(c2ccccc2)N=C(c2ccc(-c3cccc4c3oc3ccccc34)cc2)CCCC12C1C=CC=C3Oc4ccc(-c5ccc6c(c5)-c5ccccc5CCC6c5ccccc5)cc4C312. The Morgan fingerprint density at radius 1 is 0.609 bits per heavy atom. The summed E-state index contributed by atoms with van der Waals surface area (Å²) in [5.74, 6) is 2.67. The molecule has 0 bridgehead atoms. The molecule has 3 heterocycles. The second kappa shape index (κ2) is 15.7. The molecule has 0 amide bonds. The number of hydrogen-bond acceptors (Lipinski definition) is 3. The maximum atomic E-state index is 7.02. The highest BCUT2D eigenvalue weighted by Gasteiger charge is 2.82. The van der Waals surface area contributed by atoms with E-state index in [-0.39, 0.29) is 16.7 Å². The van der Waals surface area contributed by atoms with Crippen LogP contribution in [-0.4, -0.2) is 5.71 Å². The average Bonchev–Trinajstić information content (AvgIpc) is 3.67. The third-order valence-corrected chi connectivity index (χ3v) is 16.5. The molecule has 0 radical (unpaired) electrons. The topological polar surface area (TPSA) is 34.7 Å². The number of fused-ring (bicyclic) bond motifs is 8. The van der Waals surface area contributed by atoms with E-state index in [0.717, 1.165) is 94.5 Å². The largest absolute Gasteiger partial charge is 0.460 e. The molecule has 1 saturated carbocycles. The zero-order chi connectivity index (χ0) is 45.7. The number of ether oxygens (including phenoxy) is 1. The standard InChI is InChI=1S/C66H51NO2/c1-2-56-63(46-19-7-4-8-20-46)67-58(45-31-29-44(30-32-45)51-23-13-24-54-53-22-11-12-26-59(53)69-64(51)54)25-15-39-65(56)61-27-14-28-62-66(61,65)57-41-48(35-38-60(57)68-62)47-34-37-52-50(42-16-5-3-6-17-42)36-33-43-18-9-10-21-49(43)55(52)40-47/h3-14,16-24,26-32,34-35,37-38,40-41,50,61H,2,15,25,33,36,39H2,1H3. The number of nitrogens with zero attached hydrogens (tertiary/aromatic N) is 1. The van der Waals surface area contributed by atoms with E-state index in [4.69, 9.17) is 14.1 Å². The minimum Gasteiger partial charge on any atom is -0.460 e. The fourth-order valence-corrected chi connectivity index (χ4v) is 13.6. The third-order valence-electron chi connectivity index (χ3n) is 16.5. The van der Waals surface area contributed by atoms with Crippen molar-refractivity contribution < 1.29 is 9.15 Å². The van der Waals surface area contributed by atoms with Crippen molar-refractivity contribution in [2.45, 2.75) is 56.8 Å². The number of allylic oxidation sites excluding steroid dienone is 5. The zero-order valence-corrected chi connectivity index (χ0v) is 38.8. The first-order valence-electron chi connectivity index (χ1n) is 25.0. The van der Waals surface area contributed by atoms with Crippen LogP contribution < -0.4 is 4.74 Å². The van der Waals surface area contributed by atoms with Gasteiger partial charge in [-0.25, -0.2) is 0 Å². The highest BCUT2D eigenvalue weighted by Crippen LogP contribution is 2.83. The summed E-state index contributed by atoms with van der Waals surface area (Å²) < 4.78 is 13.5. The van der Waals surface area contributed by atoms with Gasteiger partial charge in [-0.15, -0.1) is 0 Å². The van der Waals surface area contributed by atoms with Crippen LogP contribution >= 0.6 is 0 Å². The van der Waals surface area contributed by atoms with Crippen LogP contribution in [0.1, 0.15) is 78.3 Å². The van der Waals surface area contributed by atoms with Gasteiger partial charge >= 0.3 is 0 Å². The minimum atomic E-state index is -0.304. The van der Waals surface area contributed by atoms with Gasteiger partial charge in [-0.05, 0) is 125 Å². The number of rotatable bonds is 6. The molecule has 332 valence electrons. The lowest BCUT2D eigenvalue weighted by Crippen LogP contribution is -2.24. The molecule has 2 spiro atoms. The Balaban J connectivity index is 0.882. The Morgan fingerprint density at radius 3 is 2.20 bits per heavy atom. The van der Waals surface area contributed by atoms with E-state index in [1.807, 2.05) is 6.07 Å².